The third-order valence-electron chi connectivity index (χ3n) is 8.69. The van der Waals surface area contributed by atoms with E-state index >= 15 is 0 Å². The van der Waals surface area contributed by atoms with Crippen molar-refractivity contribution >= 4 is 12.0 Å². The van der Waals surface area contributed by atoms with Gasteiger partial charge in [-0.2, -0.15) is 0 Å². The quantitative estimate of drug-likeness (QED) is 0.137. The van der Waals surface area contributed by atoms with Crippen LogP contribution in [0.4, 0.5) is 0 Å². The summed E-state index contributed by atoms with van der Waals surface area (Å²) in [6.07, 6.45) is -9.33. The first-order valence-electron chi connectivity index (χ1n) is 15.2. The summed E-state index contributed by atoms with van der Waals surface area (Å²) in [5.41, 5.74) is 1.49. The van der Waals surface area contributed by atoms with Crippen molar-refractivity contribution in [3.05, 3.63) is 53.1 Å². The molecule has 15 nitrogen and oxygen atoms in total. The fourth-order valence-corrected chi connectivity index (χ4v) is 5.95. The van der Waals surface area contributed by atoms with Gasteiger partial charge in [0.25, 0.3) is 0 Å². The first-order chi connectivity index (χ1) is 22.4. The van der Waals surface area contributed by atoms with Crippen molar-refractivity contribution in [2.75, 3.05) is 21.0 Å². The van der Waals surface area contributed by atoms with E-state index in [1.54, 1.807) is 33.3 Å². The summed E-state index contributed by atoms with van der Waals surface area (Å²) in [7, 11) is 3.10. The number of amides is 1. The molecule has 8 N–H and O–H groups in total. The van der Waals surface area contributed by atoms with Gasteiger partial charge in [0.1, 0.15) is 55.6 Å². The van der Waals surface area contributed by atoms with Crippen molar-refractivity contribution in [2.24, 2.45) is 0 Å². The van der Waals surface area contributed by atoms with Gasteiger partial charge in [0.2, 0.25) is 12.2 Å². The predicted octanol–water partition coefficient (Wildman–Crippen LogP) is -0.861. The second-order valence-electron chi connectivity index (χ2n) is 11.8. The van der Waals surface area contributed by atoms with Gasteiger partial charge < -0.3 is 69.7 Å². The van der Waals surface area contributed by atoms with Gasteiger partial charge in [-0.05, 0) is 55.3 Å². The number of phenolic OH excluding ortho intramolecular Hbond substituents is 1. The van der Waals surface area contributed by atoms with Crippen molar-refractivity contribution < 1.29 is 63.9 Å². The van der Waals surface area contributed by atoms with Crippen molar-refractivity contribution in [1.82, 2.24) is 10.6 Å². The standard InChI is InChI=1S/C32H42N2O13/c1-14(31(41)34-22-23(36)25(38)30-29(24(22)37)44-13-45-30)9-16-5-7-19(18(35)10-16)46-32-27(40)26(39)28(47-32)15(2)33-12-17-6-8-20(42-3)21(11-17)43-4/h5-11,15,22-30,32-33,35-40H,12-13H2,1-4H3,(H,34,41)/b14-9-/t15?,22-,23+,24-,25-,26+,27+,28?,29+,30-,32-/m1/s1. The largest absolute Gasteiger partial charge is 0.504 e. The Morgan fingerprint density at radius 1 is 0.915 bits per heavy atom. The zero-order valence-corrected chi connectivity index (χ0v) is 26.3. The number of carbonyl (C=O) groups is 1. The number of methoxy groups -OCH3 is 2. The van der Waals surface area contributed by atoms with Gasteiger partial charge >= 0.3 is 0 Å². The number of hydrogen-bond donors (Lipinski definition) is 8. The Hall–Kier alpha value is -3.51. The summed E-state index contributed by atoms with van der Waals surface area (Å²) < 4.78 is 32.7. The van der Waals surface area contributed by atoms with Crippen molar-refractivity contribution in [1.29, 1.82) is 0 Å². The highest BCUT2D eigenvalue weighted by Crippen LogP contribution is 2.34. The van der Waals surface area contributed by atoms with Crippen LogP contribution in [-0.2, 0) is 25.5 Å². The number of aromatic hydroxyl groups is 1. The highest BCUT2D eigenvalue weighted by atomic mass is 16.7. The van der Waals surface area contributed by atoms with Gasteiger partial charge in [-0.1, -0.05) is 12.1 Å². The molecule has 1 amide bonds. The second-order valence-corrected chi connectivity index (χ2v) is 11.8. The number of hydrogen-bond acceptors (Lipinski definition) is 14. The molecule has 5 rings (SSSR count). The SMILES string of the molecule is COc1ccc(CNC(C)C2O[C@@H](Oc3ccc(/C=C(/C)C(=O)N[C@@H]4[C@H](O)[C@@H](O)[C@H]5OCO[C@H]5[C@@H]4O)cc3O)[C@@H](O)[C@@H]2O)cc1OC. The minimum atomic E-state index is -1.49. The molecule has 0 aromatic heterocycles. The molecule has 2 aromatic rings. The first kappa shape index (κ1) is 34.8. The number of aliphatic hydroxyl groups is 5. The molecular formula is C32H42N2O13. The van der Waals surface area contributed by atoms with Crippen LogP contribution in [0.25, 0.3) is 6.08 Å². The lowest BCUT2D eigenvalue weighted by molar-refractivity contribution is -0.155. The van der Waals surface area contributed by atoms with E-state index in [1.165, 1.54) is 25.1 Å². The van der Waals surface area contributed by atoms with E-state index in [-0.39, 0.29) is 23.9 Å². The predicted molar refractivity (Wildman–Crippen MR) is 163 cm³/mol. The van der Waals surface area contributed by atoms with E-state index in [1.807, 2.05) is 12.1 Å². The van der Waals surface area contributed by atoms with Crippen LogP contribution in [0.1, 0.15) is 25.0 Å². The third kappa shape index (κ3) is 7.33. The smallest absolute Gasteiger partial charge is 0.247 e. The molecule has 11 atom stereocenters. The van der Waals surface area contributed by atoms with Crippen LogP contribution in [0, 0.1) is 0 Å². The molecule has 2 saturated heterocycles. The van der Waals surface area contributed by atoms with E-state index in [4.69, 9.17) is 28.4 Å². The lowest BCUT2D eigenvalue weighted by atomic mass is 9.83. The maximum absolute atomic E-state index is 12.9. The first-order valence-corrected chi connectivity index (χ1v) is 15.2. The van der Waals surface area contributed by atoms with E-state index in [0.717, 1.165) is 5.56 Å². The van der Waals surface area contributed by atoms with Crippen LogP contribution in [0.2, 0.25) is 0 Å². The summed E-state index contributed by atoms with van der Waals surface area (Å²) in [6.45, 7) is 3.56. The number of carbonyl (C=O) groups excluding carboxylic acids is 1. The normalized spacial score (nSPS) is 32.8. The van der Waals surface area contributed by atoms with Gasteiger partial charge in [0, 0.05) is 18.2 Å². The molecule has 0 bridgehead atoms. The Labute approximate surface area is 271 Å². The lowest BCUT2D eigenvalue weighted by Crippen LogP contribution is -2.67. The zero-order chi connectivity index (χ0) is 34.0. The summed E-state index contributed by atoms with van der Waals surface area (Å²) in [4.78, 5) is 12.9. The van der Waals surface area contributed by atoms with Crippen LogP contribution in [0.15, 0.2) is 42.0 Å². The van der Waals surface area contributed by atoms with Crippen LogP contribution >= 0.6 is 0 Å². The molecule has 2 aliphatic heterocycles. The second kappa shape index (κ2) is 14.7. The maximum Gasteiger partial charge on any atom is 0.247 e. The molecule has 1 aliphatic carbocycles. The fourth-order valence-electron chi connectivity index (χ4n) is 5.95. The maximum atomic E-state index is 12.9. The molecule has 258 valence electrons. The summed E-state index contributed by atoms with van der Waals surface area (Å²) in [6, 6.07) is 8.17. The number of aliphatic hydroxyl groups excluding tert-OH is 5. The molecule has 2 aromatic carbocycles. The molecule has 47 heavy (non-hydrogen) atoms. The average Bonchev–Trinajstić information content (AvgIpc) is 3.67. The van der Waals surface area contributed by atoms with E-state index in [2.05, 4.69) is 10.6 Å². The Kier molecular flexibility index (Phi) is 10.9. The molecule has 0 radical (unpaired) electrons. The highest BCUT2D eigenvalue weighted by molar-refractivity contribution is 5.97. The van der Waals surface area contributed by atoms with E-state index in [9.17, 15) is 35.4 Å². The van der Waals surface area contributed by atoms with E-state index in [0.29, 0.717) is 23.6 Å². The third-order valence-corrected chi connectivity index (χ3v) is 8.69. The number of ether oxygens (including phenoxy) is 6. The van der Waals surface area contributed by atoms with Gasteiger partial charge in [0.05, 0.1) is 20.3 Å². The van der Waals surface area contributed by atoms with Gasteiger partial charge in [-0.25, -0.2) is 0 Å². The number of nitrogens with one attached hydrogen (secondary N) is 2. The molecule has 0 spiro atoms. The van der Waals surface area contributed by atoms with Crippen LogP contribution < -0.4 is 24.8 Å². The van der Waals surface area contributed by atoms with Crippen molar-refractivity contribution in [3.63, 3.8) is 0 Å². The molecule has 3 fully saturated rings. The molecular weight excluding hydrogens is 620 g/mol. The topological polar surface area (TPSA) is 218 Å². The van der Waals surface area contributed by atoms with Gasteiger partial charge in [0.15, 0.2) is 23.0 Å². The van der Waals surface area contributed by atoms with Crippen molar-refractivity contribution in [2.45, 2.75) is 87.6 Å². The minimum Gasteiger partial charge on any atom is -0.504 e. The number of fused-ring (bicyclic) bond motifs is 1. The average molecular weight is 663 g/mol. The van der Waals surface area contributed by atoms with E-state index < -0.39 is 73.1 Å². The molecule has 1 saturated carbocycles. The monoisotopic (exact) mass is 662 g/mol. The molecule has 3 aliphatic rings. The summed E-state index contributed by atoms with van der Waals surface area (Å²) >= 11 is 0. The Bertz CT molecular complexity index is 1440. The Morgan fingerprint density at radius 2 is 1.60 bits per heavy atom. The van der Waals surface area contributed by atoms with Crippen molar-refractivity contribution in [3.8, 4) is 23.0 Å². The Morgan fingerprint density at radius 3 is 2.28 bits per heavy atom. The van der Waals surface area contributed by atoms with Crippen LogP contribution in [-0.4, -0.2) is 125 Å². The summed E-state index contributed by atoms with van der Waals surface area (Å²) in [5.74, 6) is 0.206. The molecule has 2 heterocycles. The minimum absolute atomic E-state index is 0.0251. The zero-order valence-electron chi connectivity index (χ0n) is 26.3. The number of benzene rings is 2. The lowest BCUT2D eigenvalue weighted by Gasteiger charge is -2.41. The molecule has 2 unspecified atom stereocenters. The summed E-state index contributed by atoms with van der Waals surface area (Å²) in [5, 5.41) is 69.2. The highest BCUT2D eigenvalue weighted by Gasteiger charge is 2.53. The van der Waals surface area contributed by atoms with Gasteiger partial charge in [-0.3, -0.25) is 4.79 Å². The number of rotatable bonds is 11. The van der Waals surface area contributed by atoms with Gasteiger partial charge in [-0.15, -0.1) is 0 Å². The van der Waals surface area contributed by atoms with Crippen LogP contribution in [0.3, 0.4) is 0 Å². The fraction of sp³-hybridized carbons (Fsp3) is 0.531. The van der Waals surface area contributed by atoms with Crippen LogP contribution in [0.5, 0.6) is 23.0 Å². The Balaban J connectivity index is 1.17. The molecule has 15 heteroatoms. The number of phenols is 1.